The largest absolute Gasteiger partial charge is 0.351 e. The Balaban J connectivity index is 1.20. The van der Waals surface area contributed by atoms with E-state index in [2.05, 4.69) is 17.3 Å². The second-order valence-corrected chi connectivity index (χ2v) is 8.91. The molecule has 0 radical (unpaired) electrons. The molecule has 1 aromatic heterocycles. The van der Waals surface area contributed by atoms with Crippen LogP contribution in [0.5, 0.6) is 0 Å². The maximum Gasteiger partial charge on any atom is 0.257 e. The standard InChI is InChI=1S/C20H28N4O2/c1-13-17(22-18(25)16-10-20(16)7-3-8-20)6-9-23(13)19(26)14-11-21-24(12-14)15-4-2-5-15/h11-13,15-17H,2-10H2,1H3,(H,22,25)/t13-,16?,17-/m1/s1. The lowest BCUT2D eigenvalue weighted by molar-refractivity contribution is -0.124. The van der Waals surface area contributed by atoms with Crippen molar-refractivity contribution in [3.63, 3.8) is 0 Å². The molecule has 6 nitrogen and oxygen atoms in total. The maximum absolute atomic E-state index is 12.9. The SMILES string of the molecule is C[C@@H]1[C@H](NC(=O)C2CC23CCC3)CCN1C(=O)c1cnn(C2CCC2)c1. The van der Waals surface area contributed by atoms with Crippen molar-refractivity contribution < 1.29 is 9.59 Å². The molecule has 0 bridgehead atoms. The summed E-state index contributed by atoms with van der Waals surface area (Å²) in [5.74, 6) is 0.490. The summed E-state index contributed by atoms with van der Waals surface area (Å²) in [5, 5.41) is 7.62. The van der Waals surface area contributed by atoms with Crippen molar-refractivity contribution in [3.8, 4) is 0 Å². The van der Waals surface area contributed by atoms with Gasteiger partial charge in [-0.1, -0.05) is 6.42 Å². The molecule has 3 saturated carbocycles. The third-order valence-corrected chi connectivity index (χ3v) is 7.50. The number of hydrogen-bond acceptors (Lipinski definition) is 3. The third-order valence-electron chi connectivity index (χ3n) is 7.50. The lowest BCUT2D eigenvalue weighted by Crippen LogP contribution is -2.46. The Bertz CT molecular complexity index is 734. The summed E-state index contributed by atoms with van der Waals surface area (Å²) >= 11 is 0. The van der Waals surface area contributed by atoms with Crippen molar-refractivity contribution in [1.29, 1.82) is 0 Å². The van der Waals surface area contributed by atoms with Crippen LogP contribution in [-0.4, -0.2) is 45.1 Å². The zero-order valence-corrected chi connectivity index (χ0v) is 15.5. The monoisotopic (exact) mass is 356 g/mol. The topological polar surface area (TPSA) is 67.2 Å². The summed E-state index contributed by atoms with van der Waals surface area (Å²) in [6.45, 7) is 2.76. The predicted octanol–water partition coefficient (Wildman–Crippen LogP) is 2.52. The summed E-state index contributed by atoms with van der Waals surface area (Å²) in [5.41, 5.74) is 1.03. The van der Waals surface area contributed by atoms with E-state index in [1.807, 2.05) is 15.8 Å². The molecule has 0 aromatic carbocycles. The van der Waals surface area contributed by atoms with Gasteiger partial charge in [0.25, 0.3) is 5.91 Å². The zero-order chi connectivity index (χ0) is 17.9. The molecule has 6 heteroatoms. The van der Waals surface area contributed by atoms with E-state index in [4.69, 9.17) is 0 Å². The van der Waals surface area contributed by atoms with Crippen LogP contribution in [-0.2, 0) is 4.79 Å². The molecular formula is C20H28N4O2. The van der Waals surface area contributed by atoms with Crippen LogP contribution in [0, 0.1) is 11.3 Å². The van der Waals surface area contributed by atoms with Gasteiger partial charge in [0, 0.05) is 24.7 Å². The van der Waals surface area contributed by atoms with Gasteiger partial charge in [0.2, 0.25) is 5.91 Å². The Hall–Kier alpha value is -1.85. The highest BCUT2D eigenvalue weighted by Gasteiger charge is 2.61. The molecule has 4 aliphatic rings. The summed E-state index contributed by atoms with van der Waals surface area (Å²) < 4.78 is 1.95. The molecule has 1 N–H and O–H groups in total. The number of hydrogen-bond donors (Lipinski definition) is 1. The minimum atomic E-state index is 0.0367. The first kappa shape index (κ1) is 16.3. The molecule has 3 aliphatic carbocycles. The van der Waals surface area contributed by atoms with Gasteiger partial charge >= 0.3 is 0 Å². The minimum Gasteiger partial charge on any atom is -0.351 e. The Morgan fingerprint density at radius 2 is 2.04 bits per heavy atom. The molecule has 3 atom stereocenters. The molecule has 1 unspecified atom stereocenters. The minimum absolute atomic E-state index is 0.0367. The second-order valence-electron chi connectivity index (χ2n) is 8.91. The fourth-order valence-electron chi connectivity index (χ4n) is 5.07. The van der Waals surface area contributed by atoms with Crippen LogP contribution in [0.1, 0.15) is 74.7 Å². The zero-order valence-electron chi connectivity index (χ0n) is 15.5. The molecule has 4 fully saturated rings. The van der Waals surface area contributed by atoms with Gasteiger partial charge in [-0.3, -0.25) is 14.3 Å². The van der Waals surface area contributed by atoms with E-state index in [9.17, 15) is 9.59 Å². The number of nitrogens with one attached hydrogen (secondary N) is 1. The number of likely N-dealkylation sites (tertiary alicyclic amines) is 1. The smallest absolute Gasteiger partial charge is 0.257 e. The van der Waals surface area contributed by atoms with E-state index in [0.717, 1.165) is 25.7 Å². The number of nitrogens with zero attached hydrogens (tertiary/aromatic N) is 3. The average Bonchev–Trinajstić information content (AvgIpc) is 3.01. The van der Waals surface area contributed by atoms with Crippen LogP contribution in [0.4, 0.5) is 0 Å². The van der Waals surface area contributed by atoms with E-state index in [1.54, 1.807) is 6.20 Å². The van der Waals surface area contributed by atoms with Crippen LogP contribution >= 0.6 is 0 Å². The second kappa shape index (κ2) is 5.83. The van der Waals surface area contributed by atoms with Crippen molar-refractivity contribution in [3.05, 3.63) is 18.0 Å². The van der Waals surface area contributed by atoms with E-state index < -0.39 is 0 Å². The number of carbonyl (C=O) groups excluding carboxylic acids is 2. The number of aromatic nitrogens is 2. The Kier molecular flexibility index (Phi) is 3.66. The van der Waals surface area contributed by atoms with Crippen LogP contribution < -0.4 is 5.32 Å². The van der Waals surface area contributed by atoms with Crippen molar-refractivity contribution in [1.82, 2.24) is 20.0 Å². The number of rotatable bonds is 4. The van der Waals surface area contributed by atoms with Crippen molar-refractivity contribution >= 4 is 11.8 Å². The van der Waals surface area contributed by atoms with Gasteiger partial charge in [-0.2, -0.15) is 5.10 Å². The molecule has 1 aliphatic heterocycles. The van der Waals surface area contributed by atoms with Gasteiger partial charge in [0.1, 0.15) is 0 Å². The van der Waals surface area contributed by atoms with Gasteiger partial charge in [0.15, 0.2) is 0 Å². The van der Waals surface area contributed by atoms with Crippen LogP contribution in [0.15, 0.2) is 12.4 Å². The Labute approximate surface area is 154 Å². The van der Waals surface area contributed by atoms with Gasteiger partial charge in [-0.15, -0.1) is 0 Å². The van der Waals surface area contributed by atoms with Crippen LogP contribution in [0.25, 0.3) is 0 Å². The Morgan fingerprint density at radius 1 is 1.23 bits per heavy atom. The van der Waals surface area contributed by atoms with Crippen molar-refractivity contribution in [2.75, 3.05) is 6.54 Å². The predicted molar refractivity (Wildman–Crippen MR) is 96.6 cm³/mol. The molecule has 5 rings (SSSR count). The maximum atomic E-state index is 12.9. The molecule has 1 aromatic rings. The van der Waals surface area contributed by atoms with Crippen molar-refractivity contribution in [2.45, 2.75) is 76.4 Å². The Morgan fingerprint density at radius 3 is 2.65 bits per heavy atom. The molecule has 140 valence electrons. The number of amides is 2. The van der Waals surface area contributed by atoms with Crippen LogP contribution in [0.2, 0.25) is 0 Å². The molecule has 1 saturated heterocycles. The van der Waals surface area contributed by atoms with Gasteiger partial charge in [-0.25, -0.2) is 0 Å². The molecule has 1 spiro atoms. The highest BCUT2D eigenvalue weighted by molar-refractivity contribution is 5.94. The summed E-state index contributed by atoms with van der Waals surface area (Å²) in [6, 6.07) is 0.581. The third kappa shape index (κ3) is 2.48. The molecular weight excluding hydrogens is 328 g/mol. The highest BCUT2D eigenvalue weighted by Crippen LogP contribution is 2.65. The fourth-order valence-corrected chi connectivity index (χ4v) is 5.07. The lowest BCUT2D eigenvalue weighted by Gasteiger charge is -2.28. The number of carbonyl (C=O) groups is 2. The first-order chi connectivity index (χ1) is 12.6. The summed E-state index contributed by atoms with van der Waals surface area (Å²) in [6.07, 6.45) is 12.8. The molecule has 26 heavy (non-hydrogen) atoms. The van der Waals surface area contributed by atoms with E-state index in [-0.39, 0.29) is 29.8 Å². The lowest BCUT2D eigenvalue weighted by atomic mass is 9.79. The normalized spacial score (nSPS) is 32.2. The molecule has 2 amide bonds. The quantitative estimate of drug-likeness (QED) is 0.901. The first-order valence-electron chi connectivity index (χ1n) is 10.2. The highest BCUT2D eigenvalue weighted by atomic mass is 16.2. The summed E-state index contributed by atoms with van der Waals surface area (Å²) in [7, 11) is 0. The average molecular weight is 356 g/mol. The van der Waals surface area contributed by atoms with Gasteiger partial charge < -0.3 is 10.2 Å². The van der Waals surface area contributed by atoms with E-state index >= 15 is 0 Å². The summed E-state index contributed by atoms with van der Waals surface area (Å²) in [4.78, 5) is 27.3. The first-order valence-corrected chi connectivity index (χ1v) is 10.2. The van der Waals surface area contributed by atoms with Crippen molar-refractivity contribution in [2.24, 2.45) is 11.3 Å². The van der Waals surface area contributed by atoms with Gasteiger partial charge in [-0.05, 0) is 57.3 Å². The van der Waals surface area contributed by atoms with E-state index in [0.29, 0.717) is 23.6 Å². The van der Waals surface area contributed by atoms with Crippen LogP contribution in [0.3, 0.4) is 0 Å². The fraction of sp³-hybridized carbons (Fsp3) is 0.750. The molecule has 2 heterocycles. The van der Waals surface area contributed by atoms with Gasteiger partial charge in [0.05, 0.1) is 23.8 Å². The van der Waals surface area contributed by atoms with E-state index in [1.165, 1.54) is 25.7 Å².